The third kappa shape index (κ3) is 4.52. The Morgan fingerprint density at radius 1 is 0.472 bits per heavy atom. The van der Waals surface area contributed by atoms with E-state index in [0.29, 0.717) is 5.82 Å². The summed E-state index contributed by atoms with van der Waals surface area (Å²) in [6.07, 6.45) is 0. The van der Waals surface area contributed by atoms with Gasteiger partial charge in [-0.25, -0.2) is 9.97 Å². The highest BCUT2D eigenvalue weighted by molar-refractivity contribution is 7.26. The zero-order chi connectivity index (χ0) is 35.3. The predicted molar refractivity (Wildman–Crippen MR) is 223 cm³/mol. The topological polar surface area (TPSA) is 30.7 Å². The molecule has 0 spiro atoms. The number of thiophene rings is 1. The lowest BCUT2D eigenvalue weighted by Crippen LogP contribution is -2.14. The fraction of sp³-hybridized carbons (Fsp3) is 0.0612. The van der Waals surface area contributed by atoms with Crippen molar-refractivity contribution >= 4 is 53.3 Å². The Morgan fingerprint density at radius 2 is 1.15 bits per heavy atom. The van der Waals surface area contributed by atoms with Crippen LogP contribution in [0.4, 0.5) is 0 Å². The van der Waals surface area contributed by atoms with Gasteiger partial charge < -0.3 is 0 Å². The van der Waals surface area contributed by atoms with Gasteiger partial charge in [0.05, 0.1) is 16.7 Å². The quantitative estimate of drug-likeness (QED) is 0.183. The van der Waals surface area contributed by atoms with E-state index >= 15 is 0 Å². The molecule has 11 rings (SSSR count). The number of para-hydroxylation sites is 1. The van der Waals surface area contributed by atoms with Gasteiger partial charge in [-0.1, -0.05) is 147 Å². The van der Waals surface area contributed by atoms with Crippen LogP contribution in [0.3, 0.4) is 0 Å². The first-order valence-electron chi connectivity index (χ1n) is 18.2. The minimum Gasteiger partial charge on any atom is -0.294 e. The van der Waals surface area contributed by atoms with Crippen LogP contribution < -0.4 is 0 Å². The molecular formula is C49H33N3S. The number of aromatic nitrogens is 3. The Labute approximate surface area is 311 Å². The summed E-state index contributed by atoms with van der Waals surface area (Å²) in [5.74, 6) is 1.56. The molecule has 1 aliphatic rings. The van der Waals surface area contributed by atoms with E-state index in [4.69, 9.17) is 9.97 Å². The van der Waals surface area contributed by atoms with Gasteiger partial charge in [0.25, 0.3) is 0 Å². The van der Waals surface area contributed by atoms with Crippen molar-refractivity contribution in [1.29, 1.82) is 0 Å². The van der Waals surface area contributed by atoms with Gasteiger partial charge in [0.1, 0.15) is 5.82 Å². The molecule has 0 amide bonds. The second-order valence-electron chi connectivity index (χ2n) is 14.6. The van der Waals surface area contributed by atoms with Crippen molar-refractivity contribution in [1.82, 2.24) is 14.5 Å². The van der Waals surface area contributed by atoms with Crippen LogP contribution in [-0.2, 0) is 5.41 Å². The summed E-state index contributed by atoms with van der Waals surface area (Å²) in [5, 5.41) is 4.99. The van der Waals surface area contributed by atoms with E-state index in [-0.39, 0.29) is 5.41 Å². The van der Waals surface area contributed by atoms with E-state index in [9.17, 15) is 0 Å². The summed E-state index contributed by atoms with van der Waals surface area (Å²) >= 11 is 1.83. The van der Waals surface area contributed by atoms with Crippen LogP contribution in [0.1, 0.15) is 25.0 Å². The Morgan fingerprint density at radius 3 is 2.02 bits per heavy atom. The molecule has 10 aromatic rings. The normalized spacial score (nSPS) is 13.2. The summed E-state index contributed by atoms with van der Waals surface area (Å²) in [6.45, 7) is 4.70. The Kier molecular flexibility index (Phi) is 6.47. The van der Waals surface area contributed by atoms with Gasteiger partial charge in [0.2, 0.25) is 0 Å². The Bertz CT molecular complexity index is 3080. The number of hydrogen-bond acceptors (Lipinski definition) is 3. The SMILES string of the molecule is CC1(C)c2ccccc2-c2cc3c(cc21)c1ccccc1n3-c1cc(-c2cccc3c2sc2ccccc23)nc(-c2ccc(-c3ccccc3)cc2)n1. The van der Waals surface area contributed by atoms with Crippen LogP contribution in [0.2, 0.25) is 0 Å². The largest absolute Gasteiger partial charge is 0.294 e. The summed E-state index contributed by atoms with van der Waals surface area (Å²) in [7, 11) is 0. The van der Waals surface area contributed by atoms with Crippen LogP contribution in [0.5, 0.6) is 0 Å². The molecule has 0 atom stereocenters. The van der Waals surface area contributed by atoms with E-state index in [1.54, 1.807) is 0 Å². The standard InChI is InChI=1S/C49H33N3S/c1-49(2)40-20-9-6-15-33(40)38-28-44-39(27-41(38)49)34-16-7-10-21-43(34)52(44)46-29-42(37-19-12-18-36-35-17-8-11-22-45(35)53-47(36)37)50-48(51-46)32-25-23-31(24-26-32)30-13-4-3-5-14-30/h3-29H,1-2H3. The van der Waals surface area contributed by atoms with Crippen molar-refractivity contribution in [3.8, 4) is 50.7 Å². The van der Waals surface area contributed by atoms with Gasteiger partial charge in [-0.3, -0.25) is 4.57 Å². The number of rotatable bonds is 4. The number of nitrogens with zero attached hydrogens (tertiary/aromatic N) is 3. The van der Waals surface area contributed by atoms with Gasteiger partial charge in [-0.05, 0) is 57.6 Å². The second-order valence-corrected chi connectivity index (χ2v) is 15.6. The van der Waals surface area contributed by atoms with Gasteiger partial charge in [-0.2, -0.15) is 0 Å². The molecule has 0 radical (unpaired) electrons. The summed E-state index contributed by atoms with van der Waals surface area (Å²) in [5.41, 5.74) is 12.9. The number of fused-ring (bicyclic) bond motifs is 9. The van der Waals surface area contributed by atoms with E-state index in [1.165, 1.54) is 64.3 Å². The number of benzene rings is 7. The summed E-state index contributed by atoms with van der Waals surface area (Å²) in [6, 6.07) is 59.1. The molecule has 250 valence electrons. The lowest BCUT2D eigenvalue weighted by atomic mass is 9.82. The molecule has 1 aliphatic carbocycles. The molecule has 0 saturated heterocycles. The number of hydrogen-bond donors (Lipinski definition) is 0. The average Bonchev–Trinajstić information content (AvgIpc) is 3.83. The first kappa shape index (κ1) is 30.3. The van der Waals surface area contributed by atoms with Crippen molar-refractivity contribution in [2.45, 2.75) is 19.3 Å². The lowest BCUT2D eigenvalue weighted by molar-refractivity contribution is 0.661. The third-order valence-corrected chi connectivity index (χ3v) is 12.5. The molecule has 0 aliphatic heterocycles. The highest BCUT2D eigenvalue weighted by Gasteiger charge is 2.36. The minimum atomic E-state index is -0.0899. The molecule has 0 fully saturated rings. The molecule has 0 unspecified atom stereocenters. The molecular weight excluding hydrogens is 663 g/mol. The Balaban J connectivity index is 1.19. The van der Waals surface area contributed by atoms with Crippen LogP contribution in [0.15, 0.2) is 164 Å². The van der Waals surface area contributed by atoms with Crippen molar-refractivity contribution < 1.29 is 0 Å². The maximum absolute atomic E-state index is 5.42. The van der Waals surface area contributed by atoms with Crippen molar-refractivity contribution in [2.75, 3.05) is 0 Å². The van der Waals surface area contributed by atoms with Gasteiger partial charge in [0, 0.05) is 53.6 Å². The Hall–Kier alpha value is -6.36. The zero-order valence-electron chi connectivity index (χ0n) is 29.3. The van der Waals surface area contributed by atoms with Crippen molar-refractivity contribution in [3.63, 3.8) is 0 Å². The maximum atomic E-state index is 5.42. The summed E-state index contributed by atoms with van der Waals surface area (Å²) < 4.78 is 4.87. The van der Waals surface area contributed by atoms with Crippen LogP contribution in [0.25, 0.3) is 92.7 Å². The fourth-order valence-corrected chi connectivity index (χ4v) is 9.84. The molecule has 3 nitrogen and oxygen atoms in total. The van der Waals surface area contributed by atoms with Crippen LogP contribution >= 0.6 is 11.3 Å². The molecule has 0 bridgehead atoms. The van der Waals surface area contributed by atoms with Crippen molar-refractivity contribution in [3.05, 3.63) is 175 Å². The molecule has 3 aromatic heterocycles. The molecule has 0 saturated carbocycles. The second kappa shape index (κ2) is 11.3. The highest BCUT2D eigenvalue weighted by Crippen LogP contribution is 2.51. The van der Waals surface area contributed by atoms with E-state index in [1.807, 2.05) is 11.3 Å². The van der Waals surface area contributed by atoms with Crippen LogP contribution in [0, 0.1) is 0 Å². The monoisotopic (exact) mass is 695 g/mol. The molecule has 0 N–H and O–H groups in total. The first-order chi connectivity index (χ1) is 26.0. The lowest BCUT2D eigenvalue weighted by Gasteiger charge is -2.21. The highest BCUT2D eigenvalue weighted by atomic mass is 32.1. The predicted octanol–water partition coefficient (Wildman–Crippen LogP) is 13.2. The van der Waals surface area contributed by atoms with E-state index in [2.05, 4.69) is 182 Å². The van der Waals surface area contributed by atoms with E-state index < -0.39 is 0 Å². The first-order valence-corrected chi connectivity index (χ1v) is 19.0. The van der Waals surface area contributed by atoms with E-state index in [0.717, 1.165) is 33.7 Å². The molecule has 4 heteroatoms. The van der Waals surface area contributed by atoms with Gasteiger partial charge in [0.15, 0.2) is 5.82 Å². The van der Waals surface area contributed by atoms with Crippen molar-refractivity contribution in [2.24, 2.45) is 0 Å². The minimum absolute atomic E-state index is 0.0899. The molecule has 53 heavy (non-hydrogen) atoms. The maximum Gasteiger partial charge on any atom is 0.162 e. The van der Waals surface area contributed by atoms with Gasteiger partial charge >= 0.3 is 0 Å². The molecule has 3 heterocycles. The fourth-order valence-electron chi connectivity index (χ4n) is 8.62. The molecule has 7 aromatic carbocycles. The third-order valence-electron chi connectivity index (χ3n) is 11.2. The van der Waals surface area contributed by atoms with Gasteiger partial charge in [-0.15, -0.1) is 11.3 Å². The van der Waals surface area contributed by atoms with Crippen LogP contribution in [-0.4, -0.2) is 14.5 Å². The summed E-state index contributed by atoms with van der Waals surface area (Å²) in [4.78, 5) is 10.8. The average molecular weight is 696 g/mol. The zero-order valence-corrected chi connectivity index (χ0v) is 30.2. The smallest absolute Gasteiger partial charge is 0.162 e.